The van der Waals surface area contributed by atoms with E-state index in [-0.39, 0.29) is 11.3 Å². The van der Waals surface area contributed by atoms with Gasteiger partial charge < -0.3 is 5.32 Å². The summed E-state index contributed by atoms with van der Waals surface area (Å²) in [6, 6.07) is 7.45. The number of amides is 1. The van der Waals surface area contributed by atoms with Crippen LogP contribution in [0.15, 0.2) is 41.0 Å². The van der Waals surface area contributed by atoms with E-state index in [1.165, 1.54) is 18.2 Å². The van der Waals surface area contributed by atoms with Crippen LogP contribution in [0.2, 0.25) is 0 Å². The summed E-state index contributed by atoms with van der Waals surface area (Å²) in [5, 5.41) is 13.4. The third-order valence-electron chi connectivity index (χ3n) is 2.66. The van der Waals surface area contributed by atoms with Crippen LogP contribution in [-0.4, -0.2) is 15.8 Å². The van der Waals surface area contributed by atoms with Gasteiger partial charge in [0.25, 0.3) is 11.6 Å². The molecule has 1 heterocycles. The minimum absolute atomic E-state index is 0.138. The first-order valence-corrected chi connectivity index (χ1v) is 6.45. The summed E-state index contributed by atoms with van der Waals surface area (Å²) in [4.78, 5) is 26.4. The molecule has 1 aromatic carbocycles. The lowest BCUT2D eigenvalue weighted by molar-refractivity contribution is -0.384. The van der Waals surface area contributed by atoms with Gasteiger partial charge in [-0.05, 0) is 41.1 Å². The molecule has 0 fully saturated rings. The number of non-ortho nitro benzene ring substituents is 1. The number of pyridine rings is 1. The minimum atomic E-state index is -0.543. The average molecular weight is 336 g/mol. The number of halogens is 1. The van der Waals surface area contributed by atoms with Crippen LogP contribution in [-0.2, 0) is 0 Å². The van der Waals surface area contributed by atoms with E-state index in [2.05, 4.69) is 26.2 Å². The number of carbonyl (C=O) groups excluding carboxylic acids is 1. The first-order chi connectivity index (χ1) is 9.49. The number of nitro benzene ring substituents is 1. The molecule has 1 aromatic heterocycles. The molecule has 0 bridgehead atoms. The van der Waals surface area contributed by atoms with Crippen LogP contribution in [0.1, 0.15) is 16.1 Å². The molecule has 0 spiro atoms. The highest BCUT2D eigenvalue weighted by Crippen LogP contribution is 2.24. The highest BCUT2D eigenvalue weighted by Gasteiger charge is 2.16. The minimum Gasteiger partial charge on any atom is -0.320 e. The van der Waals surface area contributed by atoms with E-state index in [9.17, 15) is 14.9 Å². The summed E-state index contributed by atoms with van der Waals surface area (Å²) in [7, 11) is 0. The lowest BCUT2D eigenvalue weighted by Crippen LogP contribution is -2.14. The second-order valence-electron chi connectivity index (χ2n) is 4.01. The Morgan fingerprint density at radius 3 is 2.80 bits per heavy atom. The molecule has 0 aliphatic heterocycles. The predicted molar refractivity (Wildman–Crippen MR) is 77.7 cm³/mol. The van der Waals surface area contributed by atoms with Crippen LogP contribution in [0, 0.1) is 17.0 Å². The van der Waals surface area contributed by atoms with Crippen molar-refractivity contribution in [3.05, 3.63) is 62.4 Å². The standard InChI is InChI=1S/C13H10BrN3O3/c1-8-12(3-2-6-15-8)16-13(18)10-7-9(17(19)20)4-5-11(10)14/h2-7H,1H3,(H,16,18). The van der Waals surface area contributed by atoms with Gasteiger partial charge in [-0.25, -0.2) is 0 Å². The summed E-state index contributed by atoms with van der Waals surface area (Å²) in [6.45, 7) is 1.76. The zero-order valence-electron chi connectivity index (χ0n) is 10.5. The van der Waals surface area contributed by atoms with Crippen molar-refractivity contribution in [1.29, 1.82) is 0 Å². The van der Waals surface area contributed by atoms with Gasteiger partial charge in [0.15, 0.2) is 0 Å². The largest absolute Gasteiger partial charge is 0.320 e. The van der Waals surface area contributed by atoms with Crippen molar-refractivity contribution in [1.82, 2.24) is 4.98 Å². The molecular weight excluding hydrogens is 326 g/mol. The fourth-order valence-corrected chi connectivity index (χ4v) is 2.03. The van der Waals surface area contributed by atoms with E-state index >= 15 is 0 Å². The first-order valence-electron chi connectivity index (χ1n) is 5.66. The summed E-state index contributed by atoms with van der Waals surface area (Å²) >= 11 is 3.21. The summed E-state index contributed by atoms with van der Waals surface area (Å²) in [5.41, 5.74) is 1.29. The maximum atomic E-state index is 12.2. The molecule has 1 amide bonds. The number of rotatable bonds is 3. The topological polar surface area (TPSA) is 85.1 Å². The molecule has 0 aliphatic rings. The monoisotopic (exact) mass is 335 g/mol. The summed E-state index contributed by atoms with van der Waals surface area (Å²) in [6.07, 6.45) is 1.62. The van der Waals surface area contributed by atoms with Crippen LogP contribution in [0.5, 0.6) is 0 Å². The van der Waals surface area contributed by atoms with Crippen LogP contribution in [0.3, 0.4) is 0 Å². The van der Waals surface area contributed by atoms with Crippen LogP contribution >= 0.6 is 15.9 Å². The van der Waals surface area contributed by atoms with Crippen molar-refractivity contribution in [2.75, 3.05) is 5.32 Å². The lowest BCUT2D eigenvalue weighted by Gasteiger charge is -2.08. The third kappa shape index (κ3) is 3.00. The van der Waals surface area contributed by atoms with Gasteiger partial charge in [0, 0.05) is 22.8 Å². The van der Waals surface area contributed by atoms with E-state index in [1.54, 1.807) is 25.3 Å². The fraction of sp³-hybridized carbons (Fsp3) is 0.0769. The predicted octanol–water partition coefficient (Wildman–Crippen LogP) is 3.31. The maximum Gasteiger partial charge on any atom is 0.270 e. The van der Waals surface area contributed by atoms with Crippen molar-refractivity contribution in [3.8, 4) is 0 Å². The number of carbonyl (C=O) groups is 1. The number of nitro groups is 1. The second-order valence-corrected chi connectivity index (χ2v) is 4.87. The van der Waals surface area contributed by atoms with E-state index < -0.39 is 10.8 Å². The molecule has 0 saturated heterocycles. The Morgan fingerprint density at radius 1 is 1.40 bits per heavy atom. The van der Waals surface area contributed by atoms with Crippen LogP contribution in [0.4, 0.5) is 11.4 Å². The normalized spacial score (nSPS) is 10.1. The van der Waals surface area contributed by atoms with Gasteiger partial charge in [-0.15, -0.1) is 0 Å². The molecule has 6 nitrogen and oxygen atoms in total. The zero-order valence-corrected chi connectivity index (χ0v) is 12.0. The van der Waals surface area contributed by atoms with Crippen molar-refractivity contribution < 1.29 is 9.72 Å². The van der Waals surface area contributed by atoms with Crippen LogP contribution in [0.25, 0.3) is 0 Å². The Morgan fingerprint density at radius 2 is 2.15 bits per heavy atom. The van der Waals surface area contributed by atoms with E-state index in [4.69, 9.17) is 0 Å². The number of nitrogens with one attached hydrogen (secondary N) is 1. The molecule has 0 unspecified atom stereocenters. The van der Waals surface area contributed by atoms with E-state index in [0.717, 1.165) is 0 Å². The molecule has 0 saturated carbocycles. The number of anilines is 1. The van der Waals surface area contributed by atoms with Crippen molar-refractivity contribution in [2.45, 2.75) is 6.92 Å². The molecule has 0 radical (unpaired) electrons. The number of hydrogen-bond donors (Lipinski definition) is 1. The van der Waals surface area contributed by atoms with Crippen molar-refractivity contribution in [2.24, 2.45) is 0 Å². The molecule has 7 heteroatoms. The van der Waals surface area contributed by atoms with Crippen molar-refractivity contribution >= 4 is 33.2 Å². The maximum absolute atomic E-state index is 12.2. The highest BCUT2D eigenvalue weighted by atomic mass is 79.9. The zero-order chi connectivity index (χ0) is 14.7. The van der Waals surface area contributed by atoms with Crippen molar-refractivity contribution in [3.63, 3.8) is 0 Å². The van der Waals surface area contributed by atoms with E-state index in [1.807, 2.05) is 0 Å². The Kier molecular flexibility index (Phi) is 4.09. The number of benzene rings is 1. The first kappa shape index (κ1) is 14.1. The molecule has 0 aliphatic carbocycles. The number of aryl methyl sites for hydroxylation is 1. The van der Waals surface area contributed by atoms with Crippen LogP contribution < -0.4 is 5.32 Å². The Balaban J connectivity index is 2.32. The number of aromatic nitrogens is 1. The Bertz CT molecular complexity index is 688. The molecule has 2 aromatic rings. The van der Waals surface area contributed by atoms with E-state index in [0.29, 0.717) is 15.9 Å². The number of nitrogens with zero attached hydrogens (tertiary/aromatic N) is 2. The van der Waals surface area contributed by atoms with Gasteiger partial charge >= 0.3 is 0 Å². The molecule has 2 rings (SSSR count). The molecular formula is C13H10BrN3O3. The second kappa shape index (κ2) is 5.79. The average Bonchev–Trinajstić information content (AvgIpc) is 2.41. The highest BCUT2D eigenvalue weighted by molar-refractivity contribution is 9.10. The van der Waals surface area contributed by atoms with Gasteiger partial charge in [-0.3, -0.25) is 19.9 Å². The smallest absolute Gasteiger partial charge is 0.270 e. The summed E-state index contributed by atoms with van der Waals surface area (Å²) in [5.74, 6) is -0.434. The third-order valence-corrected chi connectivity index (χ3v) is 3.35. The Hall–Kier alpha value is -2.28. The molecule has 0 atom stereocenters. The Labute approximate surface area is 123 Å². The molecule has 1 N–H and O–H groups in total. The summed E-state index contributed by atoms with van der Waals surface area (Å²) < 4.78 is 0.488. The van der Waals surface area contributed by atoms with Gasteiger partial charge in [0.05, 0.1) is 21.9 Å². The SMILES string of the molecule is Cc1ncccc1NC(=O)c1cc([N+](=O)[O-])ccc1Br. The van der Waals surface area contributed by atoms with Gasteiger partial charge in [-0.1, -0.05) is 0 Å². The lowest BCUT2D eigenvalue weighted by atomic mass is 10.2. The quantitative estimate of drug-likeness (QED) is 0.688. The van der Waals surface area contributed by atoms with Gasteiger partial charge in [0.2, 0.25) is 0 Å². The fourth-order valence-electron chi connectivity index (χ4n) is 1.61. The molecule has 102 valence electrons. The van der Waals surface area contributed by atoms with Gasteiger partial charge in [-0.2, -0.15) is 0 Å². The van der Waals surface area contributed by atoms with Gasteiger partial charge in [0.1, 0.15) is 0 Å². The number of hydrogen-bond acceptors (Lipinski definition) is 4. The molecule has 20 heavy (non-hydrogen) atoms.